The zero-order valence-corrected chi connectivity index (χ0v) is 12.0. The van der Waals surface area contributed by atoms with Gasteiger partial charge in [0.1, 0.15) is 5.54 Å². The van der Waals surface area contributed by atoms with Crippen LogP contribution >= 0.6 is 11.3 Å². The SMILES string of the molecule is Cc1ccsc1CN(C)C1CCC(N)(C#N)CC1. The summed E-state index contributed by atoms with van der Waals surface area (Å²) in [5, 5.41) is 11.2. The van der Waals surface area contributed by atoms with Gasteiger partial charge in [0, 0.05) is 17.5 Å². The van der Waals surface area contributed by atoms with Crippen LogP contribution in [0.15, 0.2) is 11.4 Å². The van der Waals surface area contributed by atoms with E-state index in [4.69, 9.17) is 11.0 Å². The van der Waals surface area contributed by atoms with Gasteiger partial charge < -0.3 is 5.73 Å². The number of nitrogens with two attached hydrogens (primary N) is 1. The molecule has 4 heteroatoms. The van der Waals surface area contributed by atoms with Crippen LogP contribution in [0, 0.1) is 18.3 Å². The van der Waals surface area contributed by atoms with E-state index in [9.17, 15) is 0 Å². The van der Waals surface area contributed by atoms with Crippen molar-refractivity contribution in [2.24, 2.45) is 5.73 Å². The van der Waals surface area contributed by atoms with Crippen LogP contribution in [0.25, 0.3) is 0 Å². The summed E-state index contributed by atoms with van der Waals surface area (Å²) in [6, 6.07) is 5.00. The third-order valence-electron chi connectivity index (χ3n) is 4.05. The summed E-state index contributed by atoms with van der Waals surface area (Å²) in [6.07, 6.45) is 3.71. The molecular formula is C14H21N3S. The number of hydrogen-bond donors (Lipinski definition) is 1. The van der Waals surface area contributed by atoms with Crippen molar-refractivity contribution in [2.45, 2.75) is 50.7 Å². The Morgan fingerprint density at radius 2 is 2.22 bits per heavy atom. The van der Waals surface area contributed by atoms with E-state index in [1.54, 1.807) is 0 Å². The first-order valence-corrected chi connectivity index (χ1v) is 7.35. The molecule has 1 fully saturated rings. The molecule has 1 aromatic heterocycles. The van der Waals surface area contributed by atoms with Crippen LogP contribution in [0.3, 0.4) is 0 Å². The lowest BCUT2D eigenvalue weighted by Crippen LogP contribution is -2.46. The fourth-order valence-electron chi connectivity index (χ4n) is 2.59. The number of rotatable bonds is 3. The molecule has 98 valence electrons. The van der Waals surface area contributed by atoms with Crippen LogP contribution in [0.1, 0.15) is 36.1 Å². The van der Waals surface area contributed by atoms with Crippen molar-refractivity contribution in [3.05, 3.63) is 21.9 Å². The second-order valence-corrected chi connectivity index (χ2v) is 6.44. The average Bonchev–Trinajstić information content (AvgIpc) is 2.76. The largest absolute Gasteiger partial charge is 0.313 e. The van der Waals surface area contributed by atoms with E-state index in [2.05, 4.69) is 36.4 Å². The maximum absolute atomic E-state index is 9.03. The Morgan fingerprint density at radius 3 is 2.72 bits per heavy atom. The highest BCUT2D eigenvalue weighted by Gasteiger charge is 2.33. The van der Waals surface area contributed by atoms with E-state index in [0.29, 0.717) is 6.04 Å². The number of hydrogen-bond acceptors (Lipinski definition) is 4. The quantitative estimate of drug-likeness (QED) is 0.912. The van der Waals surface area contributed by atoms with Gasteiger partial charge in [-0.2, -0.15) is 5.26 Å². The molecular weight excluding hydrogens is 242 g/mol. The lowest BCUT2D eigenvalue weighted by atomic mass is 9.81. The zero-order chi connectivity index (χ0) is 13.2. The molecule has 2 rings (SSSR count). The van der Waals surface area contributed by atoms with Crippen molar-refractivity contribution in [3.8, 4) is 6.07 Å². The van der Waals surface area contributed by atoms with Crippen molar-refractivity contribution < 1.29 is 0 Å². The van der Waals surface area contributed by atoms with Crippen LogP contribution in [0.5, 0.6) is 0 Å². The molecule has 1 aliphatic carbocycles. The Bertz CT molecular complexity index is 438. The van der Waals surface area contributed by atoms with E-state index in [-0.39, 0.29) is 0 Å². The molecule has 1 heterocycles. The number of nitrogens with zero attached hydrogens (tertiary/aromatic N) is 2. The molecule has 0 saturated heterocycles. The smallest absolute Gasteiger partial charge is 0.104 e. The number of nitriles is 1. The van der Waals surface area contributed by atoms with Gasteiger partial charge in [-0.15, -0.1) is 11.3 Å². The van der Waals surface area contributed by atoms with Gasteiger partial charge in [-0.25, -0.2) is 0 Å². The second kappa shape index (κ2) is 5.40. The van der Waals surface area contributed by atoms with E-state index < -0.39 is 5.54 Å². The molecule has 0 radical (unpaired) electrons. The zero-order valence-electron chi connectivity index (χ0n) is 11.1. The third kappa shape index (κ3) is 2.92. The average molecular weight is 263 g/mol. The van der Waals surface area contributed by atoms with Gasteiger partial charge in [0.2, 0.25) is 0 Å². The van der Waals surface area contributed by atoms with Crippen molar-refractivity contribution in [3.63, 3.8) is 0 Å². The topological polar surface area (TPSA) is 53.0 Å². The summed E-state index contributed by atoms with van der Waals surface area (Å²) in [6.45, 7) is 3.18. The van der Waals surface area contributed by atoms with Gasteiger partial charge in [-0.3, -0.25) is 4.90 Å². The molecule has 0 bridgehead atoms. The van der Waals surface area contributed by atoms with Crippen LogP contribution in [-0.2, 0) is 6.54 Å². The van der Waals surface area contributed by atoms with Crippen LogP contribution < -0.4 is 5.73 Å². The Morgan fingerprint density at radius 1 is 1.56 bits per heavy atom. The van der Waals surface area contributed by atoms with Crippen molar-refractivity contribution in [1.82, 2.24) is 4.90 Å². The highest BCUT2D eigenvalue weighted by molar-refractivity contribution is 7.10. The summed E-state index contributed by atoms with van der Waals surface area (Å²) in [5.41, 5.74) is 6.81. The van der Waals surface area contributed by atoms with E-state index in [1.807, 2.05) is 11.3 Å². The summed E-state index contributed by atoms with van der Waals surface area (Å²) < 4.78 is 0. The molecule has 0 spiro atoms. The van der Waals surface area contributed by atoms with Crippen LogP contribution in [0.2, 0.25) is 0 Å². The summed E-state index contributed by atoms with van der Waals surface area (Å²) in [5.74, 6) is 0. The maximum atomic E-state index is 9.03. The van der Waals surface area contributed by atoms with Gasteiger partial charge >= 0.3 is 0 Å². The Hall–Kier alpha value is -0.890. The standard InChI is InChI=1S/C14H21N3S/c1-11-5-8-18-13(11)9-17(2)12-3-6-14(16,10-15)7-4-12/h5,8,12H,3-4,6-7,9,16H2,1-2H3. The van der Waals surface area contributed by atoms with Gasteiger partial charge in [0.05, 0.1) is 6.07 Å². The first-order chi connectivity index (χ1) is 8.54. The fourth-order valence-corrected chi connectivity index (χ4v) is 3.56. The van der Waals surface area contributed by atoms with Gasteiger partial charge in [0.25, 0.3) is 0 Å². The third-order valence-corrected chi connectivity index (χ3v) is 5.06. The molecule has 1 aromatic rings. The summed E-state index contributed by atoms with van der Waals surface area (Å²) in [4.78, 5) is 3.86. The first kappa shape index (κ1) is 13.5. The van der Waals surface area contributed by atoms with Gasteiger partial charge in [0.15, 0.2) is 0 Å². The molecule has 3 nitrogen and oxygen atoms in total. The van der Waals surface area contributed by atoms with E-state index in [1.165, 1.54) is 10.4 Å². The van der Waals surface area contributed by atoms with E-state index >= 15 is 0 Å². The minimum Gasteiger partial charge on any atom is -0.313 e. The van der Waals surface area contributed by atoms with Crippen LogP contribution in [0.4, 0.5) is 0 Å². The monoisotopic (exact) mass is 263 g/mol. The maximum Gasteiger partial charge on any atom is 0.104 e. The predicted octanol–water partition coefficient (Wildman–Crippen LogP) is 2.65. The highest BCUT2D eigenvalue weighted by Crippen LogP contribution is 2.29. The molecule has 0 unspecified atom stereocenters. The minimum absolute atomic E-state index is 0.566. The van der Waals surface area contributed by atoms with Crippen molar-refractivity contribution in [2.75, 3.05) is 7.05 Å². The predicted molar refractivity (Wildman–Crippen MR) is 75.3 cm³/mol. The number of aryl methyl sites for hydroxylation is 1. The highest BCUT2D eigenvalue weighted by atomic mass is 32.1. The summed E-state index contributed by atoms with van der Waals surface area (Å²) in [7, 11) is 2.18. The Kier molecular flexibility index (Phi) is 4.06. The molecule has 0 atom stereocenters. The molecule has 1 saturated carbocycles. The Balaban J connectivity index is 1.90. The molecule has 0 aromatic carbocycles. The minimum atomic E-state index is -0.573. The molecule has 0 amide bonds. The van der Waals surface area contributed by atoms with Crippen LogP contribution in [-0.4, -0.2) is 23.5 Å². The van der Waals surface area contributed by atoms with Crippen molar-refractivity contribution >= 4 is 11.3 Å². The summed E-state index contributed by atoms with van der Waals surface area (Å²) >= 11 is 1.83. The molecule has 18 heavy (non-hydrogen) atoms. The molecule has 2 N–H and O–H groups in total. The van der Waals surface area contributed by atoms with E-state index in [0.717, 1.165) is 32.2 Å². The first-order valence-electron chi connectivity index (χ1n) is 6.47. The lowest BCUT2D eigenvalue weighted by Gasteiger charge is -2.36. The molecule has 1 aliphatic rings. The molecule has 0 aliphatic heterocycles. The Labute approximate surface area is 113 Å². The van der Waals surface area contributed by atoms with Gasteiger partial charge in [-0.05, 0) is 56.7 Å². The normalized spacial score (nSPS) is 28.3. The number of thiophene rings is 1. The van der Waals surface area contributed by atoms with Crippen molar-refractivity contribution in [1.29, 1.82) is 5.26 Å². The fraction of sp³-hybridized carbons (Fsp3) is 0.643. The lowest BCUT2D eigenvalue weighted by molar-refractivity contribution is 0.162. The second-order valence-electron chi connectivity index (χ2n) is 5.44. The van der Waals surface area contributed by atoms with Gasteiger partial charge in [-0.1, -0.05) is 0 Å².